The van der Waals surface area contributed by atoms with Gasteiger partial charge >= 0.3 is 11.8 Å². The second kappa shape index (κ2) is 8.99. The molecule has 1 saturated carbocycles. The topological polar surface area (TPSA) is 81.8 Å². The van der Waals surface area contributed by atoms with Gasteiger partial charge in [0.05, 0.1) is 6.04 Å². The number of piperazine rings is 1. The Bertz CT molecular complexity index is 667. The van der Waals surface area contributed by atoms with Crippen molar-refractivity contribution in [2.75, 3.05) is 32.7 Å². The molecular weight excluding hydrogens is 344 g/mol. The molecule has 1 heterocycles. The van der Waals surface area contributed by atoms with Crippen LogP contribution in [0.15, 0.2) is 30.3 Å². The summed E-state index contributed by atoms with van der Waals surface area (Å²) >= 11 is 0. The highest BCUT2D eigenvalue weighted by molar-refractivity contribution is 6.35. The van der Waals surface area contributed by atoms with Gasteiger partial charge in [-0.3, -0.25) is 19.3 Å². The van der Waals surface area contributed by atoms with Crippen LogP contribution in [0.4, 0.5) is 0 Å². The maximum Gasteiger partial charge on any atom is 0.311 e. The summed E-state index contributed by atoms with van der Waals surface area (Å²) in [5.41, 5.74) is 1.09. The van der Waals surface area contributed by atoms with E-state index < -0.39 is 11.8 Å². The standard InChI is InChI=1S/C20H28N4O3/c1-15(16-5-3-2-4-6-16)21-18(25)9-10-23-11-13-24(14-12-23)20(27)19(26)22-17-7-8-17/h2-6,15,17H,7-14H2,1H3,(H,21,25)(H,22,26). The maximum absolute atomic E-state index is 12.2. The number of nitrogens with one attached hydrogen (secondary N) is 2. The van der Waals surface area contributed by atoms with Crippen molar-refractivity contribution in [1.82, 2.24) is 20.4 Å². The minimum atomic E-state index is -0.486. The van der Waals surface area contributed by atoms with Crippen LogP contribution in [0.1, 0.15) is 37.8 Å². The Morgan fingerprint density at radius 2 is 1.74 bits per heavy atom. The summed E-state index contributed by atoms with van der Waals surface area (Å²) in [6.07, 6.45) is 2.36. The van der Waals surface area contributed by atoms with Crippen molar-refractivity contribution in [2.45, 2.75) is 38.3 Å². The number of amides is 3. The Morgan fingerprint density at radius 3 is 2.37 bits per heavy atom. The Hall–Kier alpha value is -2.41. The molecule has 1 saturated heterocycles. The predicted molar refractivity (Wildman–Crippen MR) is 102 cm³/mol. The predicted octanol–water partition coefficient (Wildman–Crippen LogP) is 0.677. The molecule has 3 amide bonds. The summed E-state index contributed by atoms with van der Waals surface area (Å²) in [4.78, 5) is 39.9. The fourth-order valence-corrected chi connectivity index (χ4v) is 3.19. The van der Waals surface area contributed by atoms with E-state index in [4.69, 9.17) is 0 Å². The van der Waals surface area contributed by atoms with Gasteiger partial charge in [-0.1, -0.05) is 30.3 Å². The van der Waals surface area contributed by atoms with E-state index in [1.165, 1.54) is 0 Å². The molecule has 0 radical (unpaired) electrons. The number of carbonyl (C=O) groups excluding carboxylic acids is 3. The highest BCUT2D eigenvalue weighted by Gasteiger charge is 2.30. The molecule has 0 aromatic heterocycles. The molecule has 1 aliphatic heterocycles. The molecule has 1 unspecified atom stereocenters. The molecule has 2 fully saturated rings. The summed E-state index contributed by atoms with van der Waals surface area (Å²) in [5.74, 6) is -0.898. The molecule has 7 heteroatoms. The van der Waals surface area contributed by atoms with Crippen LogP contribution in [-0.2, 0) is 14.4 Å². The molecule has 1 aliphatic carbocycles. The van der Waals surface area contributed by atoms with Crippen LogP contribution in [-0.4, -0.2) is 66.3 Å². The molecule has 1 atom stereocenters. The van der Waals surface area contributed by atoms with Gasteiger partial charge in [0.15, 0.2) is 0 Å². The van der Waals surface area contributed by atoms with Gasteiger partial charge in [-0.15, -0.1) is 0 Å². The molecule has 1 aromatic carbocycles. The van der Waals surface area contributed by atoms with E-state index in [2.05, 4.69) is 15.5 Å². The van der Waals surface area contributed by atoms with Crippen LogP contribution < -0.4 is 10.6 Å². The Morgan fingerprint density at radius 1 is 1.07 bits per heavy atom. The minimum absolute atomic E-state index is 0.0156. The van der Waals surface area contributed by atoms with Crippen molar-refractivity contribution < 1.29 is 14.4 Å². The van der Waals surface area contributed by atoms with Gasteiger partial charge in [0.2, 0.25) is 5.91 Å². The van der Waals surface area contributed by atoms with E-state index in [0.717, 1.165) is 18.4 Å². The molecule has 146 valence electrons. The Labute approximate surface area is 160 Å². The number of benzene rings is 1. The van der Waals surface area contributed by atoms with Crippen LogP contribution in [0, 0.1) is 0 Å². The fraction of sp³-hybridized carbons (Fsp3) is 0.550. The van der Waals surface area contributed by atoms with Crippen molar-refractivity contribution >= 4 is 17.7 Å². The van der Waals surface area contributed by atoms with Crippen LogP contribution in [0.5, 0.6) is 0 Å². The largest absolute Gasteiger partial charge is 0.350 e. The highest BCUT2D eigenvalue weighted by Crippen LogP contribution is 2.18. The minimum Gasteiger partial charge on any atom is -0.350 e. The van der Waals surface area contributed by atoms with Crippen LogP contribution >= 0.6 is 0 Å². The first kappa shape index (κ1) is 19.4. The van der Waals surface area contributed by atoms with E-state index >= 15 is 0 Å². The Kier molecular flexibility index (Phi) is 6.45. The van der Waals surface area contributed by atoms with Crippen LogP contribution in [0.3, 0.4) is 0 Å². The number of hydrogen-bond donors (Lipinski definition) is 2. The quantitative estimate of drug-likeness (QED) is 0.720. The first-order valence-corrected chi connectivity index (χ1v) is 9.69. The van der Waals surface area contributed by atoms with Crippen molar-refractivity contribution in [3.8, 4) is 0 Å². The van der Waals surface area contributed by atoms with E-state index in [1.54, 1.807) is 4.90 Å². The summed E-state index contributed by atoms with van der Waals surface area (Å²) in [7, 11) is 0. The summed E-state index contributed by atoms with van der Waals surface area (Å²) in [6.45, 7) is 5.06. The smallest absolute Gasteiger partial charge is 0.311 e. The molecule has 0 bridgehead atoms. The number of hydrogen-bond acceptors (Lipinski definition) is 4. The zero-order valence-corrected chi connectivity index (χ0v) is 15.8. The van der Waals surface area contributed by atoms with Crippen molar-refractivity contribution in [3.63, 3.8) is 0 Å². The van der Waals surface area contributed by atoms with Crippen LogP contribution in [0.2, 0.25) is 0 Å². The lowest BCUT2D eigenvalue weighted by atomic mass is 10.1. The molecule has 27 heavy (non-hydrogen) atoms. The van der Waals surface area contributed by atoms with Gasteiger partial charge in [-0.2, -0.15) is 0 Å². The molecule has 0 spiro atoms. The zero-order valence-electron chi connectivity index (χ0n) is 15.8. The second-order valence-electron chi connectivity index (χ2n) is 7.33. The third kappa shape index (κ3) is 5.79. The Balaban J connectivity index is 1.34. The van der Waals surface area contributed by atoms with Gasteiger partial charge in [0.25, 0.3) is 0 Å². The third-order valence-corrected chi connectivity index (χ3v) is 5.10. The SMILES string of the molecule is CC(NC(=O)CCN1CCN(C(=O)C(=O)NC2CC2)CC1)c1ccccc1. The normalized spacial score (nSPS) is 18.6. The molecule has 1 aromatic rings. The van der Waals surface area contributed by atoms with Crippen molar-refractivity contribution in [2.24, 2.45) is 0 Å². The van der Waals surface area contributed by atoms with Gasteiger partial charge in [-0.05, 0) is 25.3 Å². The summed E-state index contributed by atoms with van der Waals surface area (Å²) in [5, 5.41) is 5.76. The van der Waals surface area contributed by atoms with Crippen LogP contribution in [0.25, 0.3) is 0 Å². The summed E-state index contributed by atoms with van der Waals surface area (Å²) < 4.78 is 0. The maximum atomic E-state index is 12.2. The molecule has 3 rings (SSSR count). The monoisotopic (exact) mass is 372 g/mol. The van der Waals surface area contributed by atoms with Crippen molar-refractivity contribution in [3.05, 3.63) is 35.9 Å². The lowest BCUT2D eigenvalue weighted by Crippen LogP contribution is -2.53. The van der Waals surface area contributed by atoms with E-state index in [1.807, 2.05) is 37.3 Å². The van der Waals surface area contributed by atoms with Gasteiger partial charge < -0.3 is 15.5 Å². The fourth-order valence-electron chi connectivity index (χ4n) is 3.19. The van der Waals surface area contributed by atoms with Gasteiger partial charge in [-0.25, -0.2) is 0 Å². The van der Waals surface area contributed by atoms with Gasteiger partial charge in [0.1, 0.15) is 0 Å². The molecular formula is C20H28N4O3. The number of rotatable bonds is 6. The second-order valence-corrected chi connectivity index (χ2v) is 7.33. The molecule has 2 aliphatic rings. The first-order chi connectivity index (χ1) is 13.0. The lowest BCUT2D eigenvalue weighted by Gasteiger charge is -2.34. The van der Waals surface area contributed by atoms with E-state index in [9.17, 15) is 14.4 Å². The first-order valence-electron chi connectivity index (χ1n) is 9.69. The molecule has 7 nitrogen and oxygen atoms in total. The lowest BCUT2D eigenvalue weighted by molar-refractivity contribution is -0.147. The number of nitrogens with zero attached hydrogens (tertiary/aromatic N) is 2. The van der Waals surface area contributed by atoms with E-state index in [-0.39, 0.29) is 18.0 Å². The highest BCUT2D eigenvalue weighted by atomic mass is 16.2. The average Bonchev–Trinajstić information content (AvgIpc) is 3.51. The molecule has 2 N–H and O–H groups in total. The van der Waals surface area contributed by atoms with Gasteiger partial charge in [0, 0.05) is 45.2 Å². The zero-order chi connectivity index (χ0) is 19.2. The summed E-state index contributed by atoms with van der Waals surface area (Å²) in [6, 6.07) is 10.1. The average molecular weight is 372 g/mol. The van der Waals surface area contributed by atoms with Crippen molar-refractivity contribution in [1.29, 1.82) is 0 Å². The third-order valence-electron chi connectivity index (χ3n) is 5.10. The number of carbonyl (C=O) groups is 3. The van der Waals surface area contributed by atoms with E-state index in [0.29, 0.717) is 39.1 Å².